The fourth-order valence-corrected chi connectivity index (χ4v) is 2.99. The molecule has 27 heavy (non-hydrogen) atoms. The van der Waals surface area contributed by atoms with Crippen LogP contribution in [0.4, 0.5) is 0 Å². The van der Waals surface area contributed by atoms with Crippen LogP contribution in [0.1, 0.15) is 82.3 Å². The lowest BCUT2D eigenvalue weighted by Crippen LogP contribution is -2.37. The van der Waals surface area contributed by atoms with Gasteiger partial charge in [0.25, 0.3) is 11.5 Å². The van der Waals surface area contributed by atoms with Gasteiger partial charge in [-0.05, 0) is 69.7 Å². The Kier molecular flexibility index (Phi) is 2.06. The van der Waals surface area contributed by atoms with Crippen molar-refractivity contribution in [2.24, 2.45) is 5.89 Å². The molecular formula is C20H29N3O3S. The van der Waals surface area contributed by atoms with Crippen molar-refractivity contribution in [3.8, 4) is 5.75 Å². The highest BCUT2D eigenvalue weighted by atomic mass is 32.1. The van der Waals surface area contributed by atoms with Gasteiger partial charge in [-0.25, -0.2) is 0 Å². The van der Waals surface area contributed by atoms with Crippen LogP contribution in [-0.4, -0.2) is 46.5 Å². The average molecular weight is 412 g/mol. The Labute approximate surface area is 192 Å². The minimum absolute atomic E-state index is 0.157. The zero-order valence-corrected chi connectivity index (χ0v) is 15.0. The fraction of sp³-hybridized carbons (Fsp3) is 0.600. The Morgan fingerprint density at radius 1 is 1.70 bits per heavy atom. The van der Waals surface area contributed by atoms with Crippen LogP contribution < -0.4 is 10.9 Å². The lowest BCUT2D eigenvalue weighted by atomic mass is 9.99. The first-order valence-electron chi connectivity index (χ1n) is 17.5. The second-order valence-electron chi connectivity index (χ2n) is 5.30. The van der Waals surface area contributed by atoms with Gasteiger partial charge in [0.1, 0.15) is 16.1 Å². The molecule has 2 aromatic heterocycles. The first-order valence-corrected chi connectivity index (χ1v) is 8.35. The van der Waals surface area contributed by atoms with Gasteiger partial charge in [-0.3, -0.25) is 14.2 Å². The maximum absolute atomic E-state index is 13.6. The van der Waals surface area contributed by atoms with Gasteiger partial charge in [0.05, 0.1) is 9.50 Å². The summed E-state index contributed by atoms with van der Waals surface area (Å²) in [5, 5.41) is 8.74. The summed E-state index contributed by atoms with van der Waals surface area (Å²) in [6.45, 7) is -17.4. The van der Waals surface area contributed by atoms with Gasteiger partial charge in [-0.15, -0.1) is 11.3 Å². The summed E-state index contributed by atoms with van der Waals surface area (Å²) in [7, 11) is 0. The number of nitrogens with one attached hydrogen (secondary N) is 1. The second-order valence-corrected chi connectivity index (χ2v) is 6.10. The molecule has 1 unspecified atom stereocenters. The zero-order chi connectivity index (χ0) is 37.3. The lowest BCUT2D eigenvalue weighted by Gasteiger charge is -2.30. The molecule has 3 heterocycles. The van der Waals surface area contributed by atoms with Crippen LogP contribution in [0.2, 0.25) is 1.41 Å². The maximum Gasteiger partial charge on any atom is 0.268 e. The summed E-state index contributed by atoms with van der Waals surface area (Å²) in [6.07, 6.45) is -9.28. The van der Waals surface area contributed by atoms with Crippen molar-refractivity contribution >= 4 is 27.5 Å². The van der Waals surface area contributed by atoms with Gasteiger partial charge >= 0.3 is 0 Å². The second kappa shape index (κ2) is 8.44. The van der Waals surface area contributed by atoms with Crippen molar-refractivity contribution in [2.75, 3.05) is 26.0 Å². The molecule has 6 nitrogen and oxygen atoms in total. The van der Waals surface area contributed by atoms with E-state index in [1.165, 1.54) is 0 Å². The van der Waals surface area contributed by atoms with Crippen LogP contribution in [0.25, 0.3) is 10.2 Å². The molecule has 0 bridgehead atoms. The van der Waals surface area contributed by atoms with E-state index < -0.39 is 119 Å². The summed E-state index contributed by atoms with van der Waals surface area (Å²) in [4.78, 5) is 25.9. The van der Waals surface area contributed by atoms with E-state index in [0.29, 0.717) is 25.2 Å². The number of hydrogen-bond donors (Lipinski definition) is 2. The van der Waals surface area contributed by atoms with Crippen LogP contribution in [0, 0.1) is 5.89 Å². The quantitative estimate of drug-likeness (QED) is 0.765. The molecule has 148 valence electrons. The van der Waals surface area contributed by atoms with Crippen LogP contribution in [0.3, 0.4) is 0 Å². The van der Waals surface area contributed by atoms with Gasteiger partial charge in [0.2, 0.25) is 0 Å². The van der Waals surface area contributed by atoms with Crippen molar-refractivity contribution in [3.05, 3.63) is 27.3 Å². The molecular weight excluding hydrogens is 362 g/mol. The molecule has 7 heteroatoms. The fourth-order valence-electron chi connectivity index (χ4n) is 2.17. The third kappa shape index (κ3) is 4.19. The Morgan fingerprint density at radius 2 is 2.44 bits per heavy atom. The number of thiophene rings is 1. The highest BCUT2D eigenvalue weighted by molar-refractivity contribution is 7.16. The highest BCUT2D eigenvalue weighted by Crippen LogP contribution is 2.31. The van der Waals surface area contributed by atoms with Crippen molar-refractivity contribution in [2.45, 2.75) is 45.9 Å². The van der Waals surface area contributed by atoms with Crippen LogP contribution in [0.15, 0.2) is 16.2 Å². The third-order valence-corrected chi connectivity index (χ3v) is 4.17. The Balaban J connectivity index is 2.23. The summed E-state index contributed by atoms with van der Waals surface area (Å²) in [5.41, 5.74) is -3.34. The van der Waals surface area contributed by atoms with Crippen molar-refractivity contribution in [1.29, 1.82) is 0 Å². The minimum atomic E-state index is -3.88. The number of pyridine rings is 1. The van der Waals surface area contributed by atoms with Gasteiger partial charge in [-0.2, -0.15) is 0 Å². The SMILES string of the molecule is [2H]c1sc2c(c1[2H])c(O)c(C(=O)N([2H])C([2H])([2H])CC([2H])([2H])N1C([2H])([2H])C([2H])([2H])C([2H])(C)C([2H])([2H])C1([2H])[2H])c(=O)n2C([2H])(C)C([2H])([2H])[2H]. The number of fused-ring (bicyclic) bond motifs is 1. The molecule has 3 rings (SSSR count). The molecule has 2 aromatic rings. The van der Waals surface area contributed by atoms with E-state index in [0.717, 1.165) is 0 Å². The number of hydrogen-bond acceptors (Lipinski definition) is 5. The smallest absolute Gasteiger partial charge is 0.268 e. The van der Waals surface area contributed by atoms with Crippen LogP contribution in [-0.2, 0) is 0 Å². The van der Waals surface area contributed by atoms with Crippen molar-refractivity contribution < 1.29 is 37.4 Å². The zero-order valence-electron chi connectivity index (χ0n) is 34.2. The first-order chi connectivity index (χ1) is 20.5. The van der Waals surface area contributed by atoms with Gasteiger partial charge < -0.3 is 15.3 Å². The molecule has 1 fully saturated rings. The Hall–Kier alpha value is -1.86. The molecule has 1 atom stereocenters. The lowest BCUT2D eigenvalue weighted by molar-refractivity contribution is 0.0946. The van der Waals surface area contributed by atoms with E-state index in [4.69, 9.17) is 27.5 Å². The predicted molar refractivity (Wildman–Crippen MR) is 110 cm³/mol. The van der Waals surface area contributed by atoms with Gasteiger partial charge in [0.15, 0.2) is 1.41 Å². The number of likely N-dealkylation sites (tertiary alicyclic amines) is 1. The molecule has 0 saturated carbocycles. The van der Waals surface area contributed by atoms with E-state index in [1.807, 2.05) is 0 Å². The third-order valence-electron chi connectivity index (χ3n) is 3.39. The summed E-state index contributed by atoms with van der Waals surface area (Å²) in [6, 6.07) is -3.77. The Bertz CT molecular complexity index is 1650. The van der Waals surface area contributed by atoms with Gasteiger partial charge in [0, 0.05) is 34.4 Å². The topological polar surface area (TPSA) is 74.6 Å². The summed E-state index contributed by atoms with van der Waals surface area (Å²) in [5.74, 6) is -6.69. The van der Waals surface area contributed by atoms with Crippen LogP contribution in [0.5, 0.6) is 5.75 Å². The molecule has 0 radical (unpaired) electrons. The number of rotatable bonds is 6. The number of carbonyl (C=O) groups is 1. The normalized spacial score (nSPS) is 39.5. The molecule has 1 saturated heterocycles. The Morgan fingerprint density at radius 3 is 3.15 bits per heavy atom. The van der Waals surface area contributed by atoms with Crippen LogP contribution >= 0.6 is 11.3 Å². The summed E-state index contributed by atoms with van der Waals surface area (Å²) < 4.78 is 163. The van der Waals surface area contributed by atoms with Crippen molar-refractivity contribution in [1.82, 2.24) is 14.8 Å². The van der Waals surface area contributed by atoms with Crippen molar-refractivity contribution in [3.63, 3.8) is 0 Å². The van der Waals surface area contributed by atoms with E-state index >= 15 is 0 Å². The number of aromatic hydroxyl groups is 1. The van der Waals surface area contributed by atoms with Gasteiger partial charge in [-0.1, -0.05) is 6.92 Å². The summed E-state index contributed by atoms with van der Waals surface area (Å²) >= 11 is 0.299. The monoisotopic (exact) mass is 411 g/mol. The highest BCUT2D eigenvalue weighted by Gasteiger charge is 2.23. The largest absolute Gasteiger partial charge is 0.506 e. The number of aromatic nitrogens is 1. The van der Waals surface area contributed by atoms with E-state index in [9.17, 15) is 14.7 Å². The molecule has 2 N–H and O–H groups in total. The molecule has 1 aliphatic rings. The molecule has 0 aromatic carbocycles. The molecule has 0 spiro atoms. The van der Waals surface area contributed by atoms with E-state index in [-0.39, 0.29) is 4.57 Å². The molecule has 1 amide bonds. The predicted octanol–water partition coefficient (Wildman–Crippen LogP) is 3.20. The van der Waals surface area contributed by atoms with E-state index in [2.05, 4.69) is 0 Å². The average Bonchev–Trinajstić information content (AvgIpc) is 3.13. The molecule has 1 aliphatic heterocycles. The standard InChI is InChI=1S/C20H29N3O3S/c1-13(2)23-19(26)16(17(24)15-7-12-27-20(15)23)18(25)21-8-4-9-22-10-5-14(3)6-11-22/h7,12-14,24H,4-6,8-11H2,1-3H3,(H,21,25)/i1D3,5D2,6D2,7D,8D2,9D2,10D2,11D2,12D,13D,14D/hD. The number of amides is 1. The maximum atomic E-state index is 13.6. The van der Waals surface area contributed by atoms with E-state index in [1.54, 1.807) is 0 Å². The number of carbonyl (C=O) groups excluding carboxylic acids is 1. The number of nitrogens with zero attached hydrogens (tertiary/aromatic N) is 2. The molecule has 0 aliphatic carbocycles. The minimum Gasteiger partial charge on any atom is -0.506 e. The number of piperidine rings is 1. The first kappa shape index (κ1) is 6.59.